The van der Waals surface area contributed by atoms with Crippen LogP contribution in [0.2, 0.25) is 0 Å². The van der Waals surface area contributed by atoms with Gasteiger partial charge in [-0.15, -0.1) is 70.9 Å². The van der Waals surface area contributed by atoms with Gasteiger partial charge < -0.3 is 4.98 Å². The summed E-state index contributed by atoms with van der Waals surface area (Å²) in [6.07, 6.45) is 6.13. The molecule has 2 nitrogen and oxygen atoms in total. The average molecular weight is 599 g/mol. The van der Waals surface area contributed by atoms with Crippen LogP contribution in [-0.2, 0) is 20.1 Å². The Morgan fingerprint density at radius 1 is 0.667 bits per heavy atom. The number of aromatic nitrogens is 2. The summed E-state index contributed by atoms with van der Waals surface area (Å²) in [7, 11) is 0. The SMILES string of the molecule is [Ir].[c-]1cccc2ccc3cccnc3c12.[c-]1ccccc1-c1cc2c3c(cccc3n1)C=C2. The molecule has 2 heterocycles. The van der Waals surface area contributed by atoms with Crippen LogP contribution in [0.5, 0.6) is 0 Å². The molecule has 3 heteroatoms. The van der Waals surface area contributed by atoms with Crippen LogP contribution in [0.25, 0.3) is 56.0 Å². The minimum absolute atomic E-state index is 0. The van der Waals surface area contributed by atoms with Gasteiger partial charge in [-0.3, -0.25) is 4.98 Å². The molecular weight excluding hydrogens is 581 g/mol. The van der Waals surface area contributed by atoms with Crippen LogP contribution in [0.1, 0.15) is 11.1 Å². The van der Waals surface area contributed by atoms with Gasteiger partial charge in [-0.05, 0) is 39.9 Å². The first-order chi connectivity index (χ1) is 15.9. The second kappa shape index (κ2) is 9.07. The van der Waals surface area contributed by atoms with E-state index >= 15 is 0 Å². The standard InChI is InChI=1S/C17H10N.C13H8N.Ir/c1-2-5-12(6-3-1)16-11-14-10-9-13-7-4-8-15(18-16)17(13)14;1-2-6-12-10(4-1)7-8-11-5-3-9-14-13(11)12;/h1-5,7-11H;1-5,7-9H;/q2*-1;. The zero-order chi connectivity index (χ0) is 21.3. The summed E-state index contributed by atoms with van der Waals surface area (Å²) in [6, 6.07) is 37.1. The number of pyridine rings is 2. The Balaban J connectivity index is 0.000000138. The maximum absolute atomic E-state index is 4.74. The molecule has 7 rings (SSSR count). The fourth-order valence-corrected chi connectivity index (χ4v) is 4.22. The van der Waals surface area contributed by atoms with E-state index in [4.69, 9.17) is 4.98 Å². The first-order valence-corrected chi connectivity index (χ1v) is 10.6. The molecule has 0 amide bonds. The molecule has 0 saturated heterocycles. The quantitative estimate of drug-likeness (QED) is 0.146. The molecule has 4 aromatic carbocycles. The Morgan fingerprint density at radius 2 is 1.52 bits per heavy atom. The molecule has 0 atom stereocenters. The molecule has 0 unspecified atom stereocenters. The van der Waals surface area contributed by atoms with E-state index in [0.29, 0.717) is 0 Å². The molecule has 0 fully saturated rings. The zero-order valence-electron chi connectivity index (χ0n) is 17.6. The van der Waals surface area contributed by atoms with Crippen LogP contribution in [0.3, 0.4) is 0 Å². The number of hydrogen-bond donors (Lipinski definition) is 0. The number of rotatable bonds is 1. The largest absolute Gasteiger partial charge is 0.304 e. The monoisotopic (exact) mass is 599 g/mol. The fourth-order valence-electron chi connectivity index (χ4n) is 4.22. The van der Waals surface area contributed by atoms with Gasteiger partial charge in [0.1, 0.15) is 0 Å². The van der Waals surface area contributed by atoms with Gasteiger partial charge in [0.15, 0.2) is 0 Å². The summed E-state index contributed by atoms with van der Waals surface area (Å²) in [5.74, 6) is 0. The van der Waals surface area contributed by atoms with Crippen LogP contribution < -0.4 is 0 Å². The molecular formula is C30H18IrN2-2. The topological polar surface area (TPSA) is 25.8 Å². The van der Waals surface area contributed by atoms with E-state index in [0.717, 1.165) is 27.7 Å². The molecule has 0 aliphatic heterocycles. The zero-order valence-corrected chi connectivity index (χ0v) is 20.0. The molecule has 1 radical (unpaired) electrons. The first-order valence-electron chi connectivity index (χ1n) is 10.6. The van der Waals surface area contributed by atoms with Gasteiger partial charge in [0.25, 0.3) is 0 Å². The van der Waals surface area contributed by atoms with Gasteiger partial charge in [0, 0.05) is 31.7 Å². The van der Waals surface area contributed by atoms with Gasteiger partial charge in [-0.1, -0.05) is 48.6 Å². The third-order valence-electron chi connectivity index (χ3n) is 5.73. The summed E-state index contributed by atoms with van der Waals surface area (Å²) in [6.45, 7) is 0. The maximum Gasteiger partial charge on any atom is 0.0607 e. The normalized spacial score (nSPS) is 11.3. The van der Waals surface area contributed by atoms with E-state index in [-0.39, 0.29) is 20.1 Å². The van der Waals surface area contributed by atoms with E-state index < -0.39 is 0 Å². The predicted molar refractivity (Wildman–Crippen MR) is 133 cm³/mol. The predicted octanol–water partition coefficient (Wildman–Crippen LogP) is 7.37. The number of nitrogens with zero attached hydrogens (tertiary/aromatic N) is 2. The van der Waals surface area contributed by atoms with Crippen molar-refractivity contribution in [3.8, 4) is 11.3 Å². The van der Waals surface area contributed by atoms with Crippen LogP contribution >= 0.6 is 0 Å². The Labute approximate surface area is 206 Å². The van der Waals surface area contributed by atoms with Crippen molar-refractivity contribution in [2.24, 2.45) is 0 Å². The van der Waals surface area contributed by atoms with Gasteiger partial charge in [0.05, 0.1) is 5.52 Å². The van der Waals surface area contributed by atoms with Crippen molar-refractivity contribution in [3.05, 3.63) is 120 Å². The van der Waals surface area contributed by atoms with Crippen molar-refractivity contribution in [1.82, 2.24) is 9.97 Å². The molecule has 0 N–H and O–H groups in total. The summed E-state index contributed by atoms with van der Waals surface area (Å²) >= 11 is 0. The minimum Gasteiger partial charge on any atom is -0.304 e. The Morgan fingerprint density at radius 3 is 2.42 bits per heavy atom. The second-order valence-corrected chi connectivity index (χ2v) is 7.72. The summed E-state index contributed by atoms with van der Waals surface area (Å²) < 4.78 is 0. The van der Waals surface area contributed by atoms with Crippen molar-refractivity contribution in [2.75, 3.05) is 0 Å². The number of fused-ring (bicyclic) bond motifs is 3. The molecule has 6 aromatic rings. The molecule has 1 aliphatic carbocycles. The Bertz CT molecular complexity index is 1570. The molecule has 159 valence electrons. The fraction of sp³-hybridized carbons (Fsp3) is 0. The molecule has 0 spiro atoms. The first kappa shape index (κ1) is 21.2. The van der Waals surface area contributed by atoms with E-state index in [1.807, 2.05) is 48.7 Å². The van der Waals surface area contributed by atoms with Crippen molar-refractivity contribution in [2.45, 2.75) is 0 Å². The van der Waals surface area contributed by atoms with Crippen molar-refractivity contribution in [3.63, 3.8) is 0 Å². The van der Waals surface area contributed by atoms with Crippen LogP contribution in [0, 0.1) is 12.1 Å². The number of benzene rings is 4. The van der Waals surface area contributed by atoms with E-state index in [1.165, 1.54) is 27.3 Å². The van der Waals surface area contributed by atoms with E-state index in [2.05, 4.69) is 77.8 Å². The number of hydrogen-bond acceptors (Lipinski definition) is 2. The van der Waals surface area contributed by atoms with E-state index in [9.17, 15) is 0 Å². The summed E-state index contributed by atoms with van der Waals surface area (Å²) in [5.41, 5.74) is 6.64. The molecule has 0 saturated carbocycles. The van der Waals surface area contributed by atoms with Crippen molar-refractivity contribution < 1.29 is 20.1 Å². The Kier molecular flexibility index (Phi) is 5.83. The van der Waals surface area contributed by atoms with Crippen molar-refractivity contribution in [1.29, 1.82) is 0 Å². The van der Waals surface area contributed by atoms with Gasteiger partial charge in [-0.25, -0.2) is 0 Å². The molecule has 2 aromatic heterocycles. The third-order valence-corrected chi connectivity index (χ3v) is 5.73. The molecule has 33 heavy (non-hydrogen) atoms. The third kappa shape index (κ3) is 3.98. The smallest absolute Gasteiger partial charge is 0.0607 e. The van der Waals surface area contributed by atoms with Crippen LogP contribution in [-0.4, -0.2) is 9.97 Å². The van der Waals surface area contributed by atoms with Gasteiger partial charge >= 0.3 is 0 Å². The minimum atomic E-state index is 0. The second-order valence-electron chi connectivity index (χ2n) is 7.72. The van der Waals surface area contributed by atoms with Crippen molar-refractivity contribution >= 4 is 44.7 Å². The molecule has 1 aliphatic rings. The van der Waals surface area contributed by atoms with Gasteiger partial charge in [0.2, 0.25) is 0 Å². The summed E-state index contributed by atoms with van der Waals surface area (Å²) in [4.78, 5) is 9.11. The average Bonchev–Trinajstić information content (AvgIpc) is 3.29. The van der Waals surface area contributed by atoms with E-state index in [1.54, 1.807) is 0 Å². The summed E-state index contributed by atoms with van der Waals surface area (Å²) in [5, 5.41) is 4.73. The molecule has 0 bridgehead atoms. The van der Waals surface area contributed by atoms with Crippen LogP contribution in [0.4, 0.5) is 0 Å². The van der Waals surface area contributed by atoms with Crippen LogP contribution in [0.15, 0.2) is 97.2 Å². The van der Waals surface area contributed by atoms with Gasteiger partial charge in [-0.2, -0.15) is 0 Å². The Hall–Kier alpha value is -3.65. The maximum atomic E-state index is 4.74.